The van der Waals surface area contributed by atoms with Crippen molar-refractivity contribution in [2.45, 2.75) is 52.4 Å². The van der Waals surface area contributed by atoms with E-state index in [-0.39, 0.29) is 16.6 Å². The molecule has 0 N–H and O–H groups in total. The smallest absolute Gasteiger partial charge is 0.0132 e. The molecule has 0 spiro atoms. The van der Waals surface area contributed by atoms with Crippen LogP contribution in [0.5, 0.6) is 11.5 Å². The van der Waals surface area contributed by atoms with E-state index in [0.29, 0.717) is 5.56 Å². The maximum absolute atomic E-state index is 11.8. The molecule has 0 bridgehead atoms. The summed E-state index contributed by atoms with van der Waals surface area (Å²) < 4.78 is 0. The van der Waals surface area contributed by atoms with Crippen LogP contribution in [0.3, 0.4) is 0 Å². The van der Waals surface area contributed by atoms with E-state index in [2.05, 4.69) is 0 Å². The topological polar surface area (TPSA) is 46.1 Å². The summed E-state index contributed by atoms with van der Waals surface area (Å²) in [7, 11) is 0. The van der Waals surface area contributed by atoms with Gasteiger partial charge in [0.25, 0.3) is 0 Å². The predicted octanol–water partition coefficient (Wildman–Crippen LogP) is 2.43. The second-order valence-corrected chi connectivity index (χ2v) is 6.35. The van der Waals surface area contributed by atoms with Gasteiger partial charge in [-0.3, -0.25) is 0 Å². The zero-order valence-electron chi connectivity index (χ0n) is 11.0. The predicted molar refractivity (Wildman–Crippen MR) is 62.7 cm³/mol. The van der Waals surface area contributed by atoms with Crippen molar-refractivity contribution in [3.63, 3.8) is 0 Å². The lowest BCUT2D eigenvalue weighted by Crippen LogP contribution is -2.20. The molecule has 0 fully saturated rings. The zero-order valence-corrected chi connectivity index (χ0v) is 11.0. The molecule has 90 valence electrons. The lowest BCUT2D eigenvalue weighted by Gasteiger charge is -2.33. The number of hydrogen-bond donors (Lipinski definition) is 0. The Morgan fingerprint density at radius 3 is 1.69 bits per heavy atom. The van der Waals surface area contributed by atoms with Crippen LogP contribution < -0.4 is 10.2 Å². The van der Waals surface area contributed by atoms with E-state index in [1.54, 1.807) is 0 Å². The van der Waals surface area contributed by atoms with Crippen LogP contribution in [-0.2, 0) is 10.8 Å². The lowest BCUT2D eigenvalue weighted by atomic mass is 9.80. The quantitative estimate of drug-likeness (QED) is 0.674. The van der Waals surface area contributed by atoms with Gasteiger partial charge in [-0.25, -0.2) is 0 Å². The minimum atomic E-state index is -0.391. The van der Waals surface area contributed by atoms with Gasteiger partial charge in [0.05, 0.1) is 0 Å². The SMILES string of the molecule is CC(C)(C)c1cc([O-])c([O-])c(C(C)(C)C)c1. The van der Waals surface area contributed by atoms with Gasteiger partial charge in [0.1, 0.15) is 0 Å². The highest BCUT2D eigenvalue weighted by atomic mass is 16.3. The van der Waals surface area contributed by atoms with Crippen molar-refractivity contribution in [2.75, 3.05) is 0 Å². The molecule has 0 atom stereocenters. The summed E-state index contributed by atoms with van der Waals surface area (Å²) in [6.07, 6.45) is 0. The Kier molecular flexibility index (Phi) is 2.97. The number of hydrogen-bond acceptors (Lipinski definition) is 2. The molecule has 1 aromatic carbocycles. The van der Waals surface area contributed by atoms with E-state index in [4.69, 9.17) is 0 Å². The van der Waals surface area contributed by atoms with E-state index >= 15 is 0 Å². The maximum Gasteiger partial charge on any atom is -0.0132 e. The number of rotatable bonds is 0. The van der Waals surface area contributed by atoms with Gasteiger partial charge in [-0.1, -0.05) is 59.2 Å². The Balaban J connectivity index is 3.46. The van der Waals surface area contributed by atoms with Gasteiger partial charge in [0.2, 0.25) is 0 Å². The standard InChI is InChI=1S/C14H22O2/c1-13(2,3)9-7-10(14(4,5)6)12(16)11(15)8-9/h7-8,15-16H,1-6H3/p-2. The monoisotopic (exact) mass is 220 g/mol. The largest absolute Gasteiger partial charge is 0.873 e. The first-order valence-corrected chi connectivity index (χ1v) is 5.56. The second-order valence-electron chi connectivity index (χ2n) is 6.35. The van der Waals surface area contributed by atoms with Crippen LogP contribution >= 0.6 is 0 Å². The Morgan fingerprint density at radius 2 is 1.31 bits per heavy atom. The van der Waals surface area contributed by atoms with Crippen molar-refractivity contribution >= 4 is 0 Å². The molecule has 1 rings (SSSR count). The highest BCUT2D eigenvalue weighted by Crippen LogP contribution is 2.37. The molecule has 0 saturated heterocycles. The van der Waals surface area contributed by atoms with E-state index in [1.807, 2.05) is 47.6 Å². The van der Waals surface area contributed by atoms with Crippen molar-refractivity contribution < 1.29 is 10.2 Å². The molecule has 0 amide bonds. The first kappa shape index (κ1) is 12.9. The van der Waals surface area contributed by atoms with Crippen LogP contribution in [-0.4, -0.2) is 0 Å². The fourth-order valence-electron chi connectivity index (χ4n) is 1.59. The van der Waals surface area contributed by atoms with E-state index in [1.165, 1.54) is 6.07 Å². The Hall–Kier alpha value is -1.18. The molecule has 0 radical (unpaired) electrons. The highest BCUT2D eigenvalue weighted by molar-refractivity contribution is 5.50. The highest BCUT2D eigenvalue weighted by Gasteiger charge is 2.19. The summed E-state index contributed by atoms with van der Waals surface area (Å²) in [5.74, 6) is -0.752. The van der Waals surface area contributed by atoms with E-state index in [0.717, 1.165) is 5.56 Å². The summed E-state index contributed by atoms with van der Waals surface area (Å²) in [5, 5.41) is 23.4. The molecule has 0 aliphatic heterocycles. The summed E-state index contributed by atoms with van der Waals surface area (Å²) in [6.45, 7) is 12.0. The first-order valence-electron chi connectivity index (χ1n) is 5.56. The van der Waals surface area contributed by atoms with Crippen LogP contribution in [0.1, 0.15) is 52.7 Å². The van der Waals surface area contributed by atoms with Crippen molar-refractivity contribution in [3.8, 4) is 11.5 Å². The molecule has 0 saturated carbocycles. The third-order valence-electron chi connectivity index (χ3n) is 2.73. The fourth-order valence-corrected chi connectivity index (χ4v) is 1.59. The van der Waals surface area contributed by atoms with Gasteiger partial charge in [-0.05, 0) is 16.4 Å². The molecule has 2 nitrogen and oxygen atoms in total. The molecule has 0 aliphatic carbocycles. The molecular weight excluding hydrogens is 200 g/mol. The molecule has 1 aromatic rings. The summed E-state index contributed by atoms with van der Waals surface area (Å²) in [4.78, 5) is 0. The molecular formula is C14H20O2-2. The third kappa shape index (κ3) is 2.49. The van der Waals surface area contributed by atoms with Crippen molar-refractivity contribution in [1.82, 2.24) is 0 Å². The second kappa shape index (κ2) is 3.69. The fraction of sp³-hybridized carbons (Fsp3) is 0.571. The van der Waals surface area contributed by atoms with Crippen LogP contribution in [0.4, 0.5) is 0 Å². The van der Waals surface area contributed by atoms with Gasteiger partial charge < -0.3 is 10.2 Å². The van der Waals surface area contributed by atoms with E-state index < -0.39 is 5.75 Å². The average Bonchev–Trinajstić information content (AvgIpc) is 2.05. The molecule has 0 heterocycles. The molecule has 0 aromatic heterocycles. The van der Waals surface area contributed by atoms with Crippen LogP contribution in [0.15, 0.2) is 12.1 Å². The minimum absolute atomic E-state index is 0.104. The first-order chi connectivity index (χ1) is 7.03. The van der Waals surface area contributed by atoms with Gasteiger partial charge in [-0.15, -0.1) is 11.5 Å². The van der Waals surface area contributed by atoms with Crippen molar-refractivity contribution in [2.24, 2.45) is 0 Å². The van der Waals surface area contributed by atoms with Gasteiger partial charge in [-0.2, -0.15) is 0 Å². The van der Waals surface area contributed by atoms with Crippen LogP contribution in [0.25, 0.3) is 0 Å². The molecule has 16 heavy (non-hydrogen) atoms. The molecule has 2 heteroatoms. The van der Waals surface area contributed by atoms with E-state index in [9.17, 15) is 10.2 Å². The number of benzene rings is 1. The maximum atomic E-state index is 11.8. The van der Waals surface area contributed by atoms with Crippen molar-refractivity contribution in [1.29, 1.82) is 0 Å². The normalized spacial score (nSPS) is 12.9. The van der Waals surface area contributed by atoms with Gasteiger partial charge >= 0.3 is 0 Å². The van der Waals surface area contributed by atoms with Crippen LogP contribution in [0.2, 0.25) is 0 Å². The van der Waals surface area contributed by atoms with Gasteiger partial charge in [0, 0.05) is 0 Å². The Morgan fingerprint density at radius 1 is 0.812 bits per heavy atom. The van der Waals surface area contributed by atoms with Crippen molar-refractivity contribution in [3.05, 3.63) is 23.3 Å². The summed E-state index contributed by atoms with van der Waals surface area (Å²) in [5.41, 5.74) is 1.16. The summed E-state index contributed by atoms with van der Waals surface area (Å²) in [6, 6.07) is 3.35. The Labute approximate surface area is 97.9 Å². The van der Waals surface area contributed by atoms with Crippen LogP contribution in [0, 0.1) is 0 Å². The molecule has 0 aliphatic rings. The Bertz CT molecular complexity index is 392. The lowest BCUT2D eigenvalue weighted by molar-refractivity contribution is -0.318. The third-order valence-corrected chi connectivity index (χ3v) is 2.73. The minimum Gasteiger partial charge on any atom is -0.873 e. The summed E-state index contributed by atoms with van der Waals surface area (Å²) >= 11 is 0. The molecule has 0 unspecified atom stereocenters. The van der Waals surface area contributed by atoms with Gasteiger partial charge in [0.15, 0.2) is 0 Å². The zero-order chi connectivity index (χ0) is 12.7. The average molecular weight is 220 g/mol.